The number of nitrogens with one attached hydrogen (secondary N) is 1. The monoisotopic (exact) mass is 298 g/mol. The van der Waals surface area contributed by atoms with Crippen LogP contribution in [-0.4, -0.2) is 5.11 Å². The Bertz CT molecular complexity index is 333. The average Bonchev–Trinajstić information content (AvgIpc) is 1.98. The predicted octanol–water partition coefficient (Wildman–Crippen LogP) is 3.41. The molecule has 0 spiro atoms. The molecule has 1 aromatic carbocycles. The van der Waals surface area contributed by atoms with E-state index in [0.717, 1.165) is 0 Å². The number of anilines is 1. The summed E-state index contributed by atoms with van der Waals surface area (Å²) >= 11 is 19.6. The molecule has 0 saturated heterocycles. The Balaban J connectivity index is 3.06. The highest BCUT2D eigenvalue weighted by Crippen LogP contribution is 2.33. The smallest absolute Gasteiger partial charge is 0.168 e. The molecule has 0 radical (unpaired) electrons. The van der Waals surface area contributed by atoms with Gasteiger partial charge in [-0.2, -0.15) is 0 Å². The molecule has 0 saturated carbocycles. The van der Waals surface area contributed by atoms with Crippen molar-refractivity contribution < 1.29 is 0 Å². The first-order chi connectivity index (χ1) is 6.00. The third kappa shape index (κ3) is 2.98. The van der Waals surface area contributed by atoms with Crippen LogP contribution in [0.15, 0.2) is 16.6 Å². The van der Waals surface area contributed by atoms with E-state index in [-0.39, 0.29) is 5.11 Å². The minimum absolute atomic E-state index is 0.175. The van der Waals surface area contributed by atoms with Gasteiger partial charge in [0.15, 0.2) is 5.11 Å². The normalized spacial score (nSPS) is 9.77. The molecule has 0 bridgehead atoms. The van der Waals surface area contributed by atoms with Crippen molar-refractivity contribution in [2.24, 2.45) is 5.73 Å². The van der Waals surface area contributed by atoms with Crippen LogP contribution in [0.2, 0.25) is 10.0 Å². The zero-order chi connectivity index (χ0) is 10.0. The van der Waals surface area contributed by atoms with Crippen molar-refractivity contribution in [1.82, 2.24) is 0 Å². The van der Waals surface area contributed by atoms with Crippen molar-refractivity contribution in [3.05, 3.63) is 26.7 Å². The first-order valence-electron chi connectivity index (χ1n) is 3.21. The van der Waals surface area contributed by atoms with E-state index in [1.165, 1.54) is 0 Å². The maximum Gasteiger partial charge on any atom is 0.168 e. The molecule has 0 heterocycles. The molecule has 0 aliphatic carbocycles. The maximum atomic E-state index is 5.85. The topological polar surface area (TPSA) is 38.0 Å². The van der Waals surface area contributed by atoms with Crippen molar-refractivity contribution in [2.45, 2.75) is 0 Å². The summed E-state index contributed by atoms with van der Waals surface area (Å²) in [6.45, 7) is 0. The summed E-state index contributed by atoms with van der Waals surface area (Å²) in [5, 5.41) is 3.92. The molecule has 0 unspecified atom stereocenters. The summed E-state index contributed by atoms with van der Waals surface area (Å²) in [7, 11) is 0. The van der Waals surface area contributed by atoms with E-state index in [1.807, 2.05) is 0 Å². The Hall–Kier alpha value is -0.0300. The van der Waals surface area contributed by atoms with Gasteiger partial charge in [-0.25, -0.2) is 0 Å². The van der Waals surface area contributed by atoms with E-state index >= 15 is 0 Å². The van der Waals surface area contributed by atoms with E-state index in [4.69, 9.17) is 28.9 Å². The summed E-state index contributed by atoms with van der Waals surface area (Å²) in [6, 6.07) is 3.35. The van der Waals surface area contributed by atoms with Crippen LogP contribution in [0.5, 0.6) is 0 Å². The number of hydrogen-bond donors (Lipinski definition) is 2. The van der Waals surface area contributed by atoms with Gasteiger partial charge in [-0.05, 0) is 40.3 Å². The third-order valence-electron chi connectivity index (χ3n) is 1.25. The van der Waals surface area contributed by atoms with Crippen molar-refractivity contribution >= 4 is 62.1 Å². The zero-order valence-electron chi connectivity index (χ0n) is 6.27. The van der Waals surface area contributed by atoms with E-state index in [1.54, 1.807) is 12.1 Å². The second kappa shape index (κ2) is 4.46. The second-order valence-corrected chi connectivity index (χ2v) is 4.29. The Morgan fingerprint density at radius 2 is 1.85 bits per heavy atom. The molecule has 0 aliphatic rings. The summed E-state index contributed by atoms with van der Waals surface area (Å²) in [4.78, 5) is 0. The van der Waals surface area contributed by atoms with Crippen LogP contribution in [0.3, 0.4) is 0 Å². The highest BCUT2D eigenvalue weighted by molar-refractivity contribution is 9.10. The first kappa shape index (κ1) is 11.0. The van der Waals surface area contributed by atoms with Crippen LogP contribution in [-0.2, 0) is 0 Å². The van der Waals surface area contributed by atoms with Crippen LogP contribution in [0, 0.1) is 0 Å². The second-order valence-electron chi connectivity index (χ2n) is 2.24. The summed E-state index contributed by atoms with van der Waals surface area (Å²) in [5.74, 6) is 0. The minimum atomic E-state index is 0.175. The maximum absolute atomic E-state index is 5.85. The SMILES string of the molecule is NC(=S)Nc1cc(Cl)c(Br)c(Cl)c1. The van der Waals surface area contributed by atoms with Gasteiger partial charge in [-0.3, -0.25) is 0 Å². The fourth-order valence-electron chi connectivity index (χ4n) is 0.770. The van der Waals surface area contributed by atoms with Crippen LogP contribution in [0.4, 0.5) is 5.69 Å². The van der Waals surface area contributed by atoms with Gasteiger partial charge in [-0.15, -0.1) is 0 Å². The van der Waals surface area contributed by atoms with Gasteiger partial charge in [0.05, 0.1) is 14.5 Å². The fourth-order valence-corrected chi connectivity index (χ4v) is 1.60. The zero-order valence-corrected chi connectivity index (χ0v) is 10.2. The molecule has 1 aromatic rings. The number of thiocarbonyl (C=S) groups is 1. The highest BCUT2D eigenvalue weighted by Gasteiger charge is 2.05. The lowest BCUT2D eigenvalue weighted by Gasteiger charge is -2.06. The first-order valence-corrected chi connectivity index (χ1v) is 5.17. The third-order valence-corrected chi connectivity index (χ3v) is 3.26. The molecule has 0 atom stereocenters. The van der Waals surface area contributed by atoms with Crippen LogP contribution in [0.25, 0.3) is 0 Å². The van der Waals surface area contributed by atoms with Gasteiger partial charge < -0.3 is 11.1 Å². The molecule has 0 fully saturated rings. The van der Waals surface area contributed by atoms with E-state index in [9.17, 15) is 0 Å². The number of nitrogens with two attached hydrogens (primary N) is 1. The Labute approximate surface area is 99.5 Å². The lowest BCUT2D eigenvalue weighted by molar-refractivity contribution is 1.58. The quantitative estimate of drug-likeness (QED) is 0.616. The molecule has 3 N–H and O–H groups in total. The molecule has 2 nitrogen and oxygen atoms in total. The standard InChI is InChI=1S/C7H5BrCl2N2S/c8-6-4(9)1-3(2-5(6)10)12-7(11)13/h1-2H,(H3,11,12,13). The van der Waals surface area contributed by atoms with Crippen molar-refractivity contribution in [2.75, 3.05) is 5.32 Å². The van der Waals surface area contributed by atoms with Gasteiger partial charge in [0.1, 0.15) is 0 Å². The van der Waals surface area contributed by atoms with Gasteiger partial charge >= 0.3 is 0 Å². The Kier molecular flexibility index (Phi) is 3.79. The fraction of sp³-hybridized carbons (Fsp3) is 0. The number of benzene rings is 1. The molecular formula is C7H5BrCl2N2S. The van der Waals surface area contributed by atoms with Gasteiger partial charge in [0.25, 0.3) is 0 Å². The van der Waals surface area contributed by atoms with Gasteiger partial charge in [-0.1, -0.05) is 23.2 Å². The number of rotatable bonds is 1. The van der Waals surface area contributed by atoms with Crippen molar-refractivity contribution in [1.29, 1.82) is 0 Å². The molecule has 13 heavy (non-hydrogen) atoms. The molecule has 0 amide bonds. The largest absolute Gasteiger partial charge is 0.376 e. The van der Waals surface area contributed by atoms with E-state index < -0.39 is 0 Å². The highest BCUT2D eigenvalue weighted by atomic mass is 79.9. The molecule has 0 aromatic heterocycles. The summed E-state index contributed by atoms with van der Waals surface area (Å²) in [6.07, 6.45) is 0. The van der Waals surface area contributed by atoms with E-state index in [0.29, 0.717) is 20.2 Å². The Morgan fingerprint density at radius 1 is 1.38 bits per heavy atom. The van der Waals surface area contributed by atoms with Crippen molar-refractivity contribution in [3.8, 4) is 0 Å². The van der Waals surface area contributed by atoms with E-state index in [2.05, 4.69) is 33.5 Å². The lowest BCUT2D eigenvalue weighted by Crippen LogP contribution is -2.18. The average molecular weight is 300 g/mol. The minimum Gasteiger partial charge on any atom is -0.376 e. The molecular weight excluding hydrogens is 295 g/mol. The van der Waals surface area contributed by atoms with Crippen LogP contribution >= 0.6 is 51.3 Å². The van der Waals surface area contributed by atoms with Crippen molar-refractivity contribution in [3.63, 3.8) is 0 Å². The predicted molar refractivity (Wildman–Crippen MR) is 64.6 cm³/mol. The molecule has 0 aliphatic heterocycles. The van der Waals surface area contributed by atoms with Crippen LogP contribution in [0.1, 0.15) is 0 Å². The number of hydrogen-bond acceptors (Lipinski definition) is 1. The van der Waals surface area contributed by atoms with Crippen LogP contribution < -0.4 is 11.1 Å². The van der Waals surface area contributed by atoms with Gasteiger partial charge in [0.2, 0.25) is 0 Å². The Morgan fingerprint density at radius 3 is 2.23 bits per heavy atom. The number of halogens is 3. The van der Waals surface area contributed by atoms with Gasteiger partial charge in [0, 0.05) is 5.69 Å². The molecule has 1 rings (SSSR count). The molecule has 6 heteroatoms. The lowest BCUT2D eigenvalue weighted by atomic mass is 10.3. The summed E-state index contributed by atoms with van der Waals surface area (Å²) < 4.78 is 0.657. The molecule has 70 valence electrons. The summed E-state index contributed by atoms with van der Waals surface area (Å²) in [5.41, 5.74) is 5.96.